The molecule has 0 aromatic heterocycles. The van der Waals surface area contributed by atoms with E-state index in [0.29, 0.717) is 12.0 Å². The molecule has 9 nitrogen and oxygen atoms in total. The van der Waals surface area contributed by atoms with E-state index in [-0.39, 0.29) is 36.7 Å². The molecule has 10 heteroatoms. The van der Waals surface area contributed by atoms with Gasteiger partial charge in [0.05, 0.1) is 0 Å². The Hall–Kier alpha value is -3.76. The molecule has 9 atom stereocenters. The number of ether oxygens (including phenoxy) is 2. The van der Waals surface area contributed by atoms with Crippen molar-refractivity contribution in [1.82, 2.24) is 0 Å². The number of Topliss-reactive ketones (excluding diaryl/α,β-unsaturated/α-hetero) is 2. The number of carbonyl (C=O) groups is 5. The first-order valence-electron chi connectivity index (χ1n) is 17.7. The zero-order valence-corrected chi connectivity index (χ0v) is 31.0. The van der Waals surface area contributed by atoms with Gasteiger partial charge in [-0.2, -0.15) is 0 Å². The molecule has 3 saturated carbocycles. The molecule has 4 aliphatic carbocycles. The lowest BCUT2D eigenvalue weighted by molar-refractivity contribution is -0.185. The molecule has 0 heterocycles. The zero-order valence-electron chi connectivity index (χ0n) is 31.0. The van der Waals surface area contributed by atoms with Crippen LogP contribution in [0.5, 0.6) is 0 Å². The summed E-state index contributed by atoms with van der Waals surface area (Å²) in [5.41, 5.74) is -5.63. The molecular weight excluding hydrogens is 655 g/mol. The second kappa shape index (κ2) is 12.7. The van der Waals surface area contributed by atoms with Gasteiger partial charge in [-0.25, -0.2) is 9.18 Å². The predicted molar refractivity (Wildman–Crippen MR) is 187 cm³/mol. The van der Waals surface area contributed by atoms with Crippen molar-refractivity contribution in [2.45, 2.75) is 111 Å². The summed E-state index contributed by atoms with van der Waals surface area (Å²) in [6.45, 7) is 15.2. The summed E-state index contributed by atoms with van der Waals surface area (Å²) in [6, 6.07) is 5.55. The van der Waals surface area contributed by atoms with Crippen LogP contribution >= 0.6 is 0 Å². The van der Waals surface area contributed by atoms with Gasteiger partial charge >= 0.3 is 11.9 Å². The third kappa shape index (κ3) is 6.26. The summed E-state index contributed by atoms with van der Waals surface area (Å²) in [5.74, 6) is -4.55. The van der Waals surface area contributed by atoms with Crippen LogP contribution in [-0.2, 0) is 33.4 Å². The largest absolute Gasteiger partial charge is 0.459 e. The third-order valence-corrected chi connectivity index (χ3v) is 13.1. The monoisotopic (exact) mass is 706 g/mol. The first-order valence-corrected chi connectivity index (χ1v) is 17.7. The van der Waals surface area contributed by atoms with Crippen LogP contribution in [0.25, 0.3) is 6.08 Å². The van der Waals surface area contributed by atoms with Gasteiger partial charge in [0.2, 0.25) is 0 Å². The average molecular weight is 707 g/mol. The molecule has 51 heavy (non-hydrogen) atoms. The van der Waals surface area contributed by atoms with Crippen molar-refractivity contribution < 1.29 is 48.0 Å². The molecule has 276 valence electrons. The Bertz CT molecular complexity index is 1730. The lowest BCUT2D eigenvalue weighted by atomic mass is 9.38. The number of esters is 2. The Morgan fingerprint density at radius 2 is 1.61 bits per heavy atom. The van der Waals surface area contributed by atoms with Gasteiger partial charge < -0.3 is 19.7 Å². The molecular formula is C41H51FO9. The van der Waals surface area contributed by atoms with Crippen molar-refractivity contribution in [2.75, 3.05) is 0 Å². The second-order valence-corrected chi connectivity index (χ2v) is 17.0. The molecule has 0 aliphatic heterocycles. The highest BCUT2D eigenvalue weighted by atomic mass is 19.1. The van der Waals surface area contributed by atoms with E-state index in [9.17, 15) is 38.6 Å². The molecule has 3 fully saturated rings. The number of aliphatic hydroxyl groups is 2. The second-order valence-electron chi connectivity index (χ2n) is 17.0. The minimum atomic E-state index is -2.14. The van der Waals surface area contributed by atoms with Gasteiger partial charge in [-0.1, -0.05) is 44.6 Å². The molecule has 0 amide bonds. The van der Waals surface area contributed by atoms with Crippen molar-refractivity contribution in [1.29, 1.82) is 0 Å². The van der Waals surface area contributed by atoms with Crippen LogP contribution in [0.4, 0.5) is 4.39 Å². The summed E-state index contributed by atoms with van der Waals surface area (Å²) in [4.78, 5) is 66.9. The fourth-order valence-electron chi connectivity index (χ4n) is 10.4. The number of halogens is 1. The number of aliphatic hydroxyl groups excluding tert-OH is 1. The smallest absolute Gasteiger partial charge is 0.331 e. The maximum atomic E-state index is 14.7. The summed E-state index contributed by atoms with van der Waals surface area (Å²) in [6.07, 6.45) is 5.82. The Kier molecular flexibility index (Phi) is 9.60. The van der Waals surface area contributed by atoms with E-state index >= 15 is 0 Å². The lowest BCUT2D eigenvalue weighted by Gasteiger charge is -2.64. The standard InChI is InChI=1S/C41H51FO9/c1-23(43)51-36(2,3)19-18-31(45)41(9,49)34-29(50-33(47)17-12-24-10-13-25(42)14-11-24)21-38(6)30-16-15-26-27(20-28(44)35(48)37(26,4)5)40(30,8)32(46)22-39(34,38)7/h10-15,17-19,27-30,34,44,49H,16,20-22H2,1-9H3/b17-12+,19-18+/t27-,28+,29-,30+,34+,38+,39-,40+,41+/m1/s1. The summed E-state index contributed by atoms with van der Waals surface area (Å²) in [7, 11) is 0. The van der Waals surface area contributed by atoms with Crippen LogP contribution < -0.4 is 0 Å². The molecule has 2 N–H and O–H groups in total. The van der Waals surface area contributed by atoms with Crippen molar-refractivity contribution in [3.8, 4) is 0 Å². The predicted octanol–water partition coefficient (Wildman–Crippen LogP) is 5.90. The number of hydrogen-bond acceptors (Lipinski definition) is 9. The quantitative estimate of drug-likeness (QED) is 0.192. The molecule has 5 rings (SSSR count). The van der Waals surface area contributed by atoms with Gasteiger partial charge in [0.15, 0.2) is 11.6 Å². The lowest BCUT2D eigenvalue weighted by Crippen LogP contribution is -2.65. The number of rotatable bonds is 8. The maximum Gasteiger partial charge on any atom is 0.331 e. The average Bonchev–Trinajstić information content (AvgIpc) is 3.24. The number of ketones is 3. The van der Waals surface area contributed by atoms with Crippen LogP contribution in [0.2, 0.25) is 0 Å². The molecule has 1 aromatic carbocycles. The van der Waals surface area contributed by atoms with E-state index in [2.05, 4.69) is 0 Å². The van der Waals surface area contributed by atoms with Crippen LogP contribution in [-0.4, -0.2) is 62.9 Å². The number of allylic oxidation sites excluding steroid dienone is 2. The van der Waals surface area contributed by atoms with Gasteiger partial charge in [-0.15, -0.1) is 0 Å². The van der Waals surface area contributed by atoms with E-state index in [0.717, 1.165) is 5.57 Å². The van der Waals surface area contributed by atoms with Crippen LogP contribution in [0.15, 0.2) is 54.1 Å². The molecule has 0 radical (unpaired) electrons. The van der Waals surface area contributed by atoms with Gasteiger partial charge in [-0.3, -0.25) is 19.2 Å². The highest BCUT2D eigenvalue weighted by Gasteiger charge is 2.75. The Balaban J connectivity index is 1.58. The third-order valence-electron chi connectivity index (χ3n) is 13.1. The van der Waals surface area contributed by atoms with Gasteiger partial charge in [0.1, 0.15) is 35.0 Å². The number of fused-ring (bicyclic) bond motifs is 5. The minimum absolute atomic E-state index is 0.0407. The number of carbonyl (C=O) groups excluding carboxylic acids is 5. The fraction of sp³-hybridized carbons (Fsp3) is 0.585. The molecule has 0 bridgehead atoms. The molecule has 4 aliphatic rings. The summed E-state index contributed by atoms with van der Waals surface area (Å²) >= 11 is 0. The Morgan fingerprint density at radius 3 is 2.22 bits per heavy atom. The summed E-state index contributed by atoms with van der Waals surface area (Å²) in [5, 5.41) is 23.2. The van der Waals surface area contributed by atoms with Crippen molar-refractivity contribution in [3.05, 3.63) is 65.5 Å². The van der Waals surface area contributed by atoms with E-state index in [4.69, 9.17) is 9.47 Å². The molecule has 1 aromatic rings. The van der Waals surface area contributed by atoms with E-state index in [1.165, 1.54) is 62.4 Å². The highest BCUT2D eigenvalue weighted by Crippen LogP contribution is 2.74. The van der Waals surface area contributed by atoms with Gasteiger partial charge in [0.25, 0.3) is 0 Å². The highest BCUT2D eigenvalue weighted by molar-refractivity contribution is 5.98. The van der Waals surface area contributed by atoms with E-state index < -0.39 is 80.4 Å². The minimum Gasteiger partial charge on any atom is -0.459 e. The first kappa shape index (κ1) is 38.5. The summed E-state index contributed by atoms with van der Waals surface area (Å²) < 4.78 is 24.9. The van der Waals surface area contributed by atoms with E-state index in [1.54, 1.807) is 27.7 Å². The van der Waals surface area contributed by atoms with Crippen molar-refractivity contribution in [2.24, 2.45) is 39.4 Å². The molecule has 0 unspecified atom stereocenters. The maximum absolute atomic E-state index is 14.7. The first-order chi connectivity index (χ1) is 23.4. The van der Waals surface area contributed by atoms with Crippen LogP contribution in [0.3, 0.4) is 0 Å². The number of hydrogen-bond donors (Lipinski definition) is 2. The van der Waals surface area contributed by atoms with E-state index in [1.807, 2.05) is 26.8 Å². The normalized spacial score (nSPS) is 35.8. The fourth-order valence-corrected chi connectivity index (χ4v) is 10.4. The van der Waals surface area contributed by atoms with Gasteiger partial charge in [0, 0.05) is 36.2 Å². The SMILES string of the molecule is CC(=O)OC(C)(C)/C=C/C(=O)[C@](C)(O)[C@H]1[C@H](OC(=O)/C=C/c2ccc(F)cc2)C[C@@]2(C)[C@@H]3CC=C4[C@@H](C[C@H](O)C(=O)C4(C)C)[C@]3(C)C(=O)C[C@]12C. The number of benzene rings is 1. The van der Waals surface area contributed by atoms with Crippen LogP contribution in [0.1, 0.15) is 93.6 Å². The molecule has 0 spiro atoms. The van der Waals surface area contributed by atoms with Crippen LogP contribution in [0, 0.1) is 45.2 Å². The Morgan fingerprint density at radius 1 is 0.980 bits per heavy atom. The van der Waals surface area contributed by atoms with Gasteiger partial charge in [-0.05, 0) is 112 Å². The Labute approximate surface area is 299 Å². The topological polar surface area (TPSA) is 144 Å². The van der Waals surface area contributed by atoms with Crippen molar-refractivity contribution >= 4 is 35.4 Å². The van der Waals surface area contributed by atoms with Crippen molar-refractivity contribution in [3.63, 3.8) is 0 Å². The molecule has 0 saturated heterocycles. The zero-order chi connectivity index (χ0) is 38.1.